The summed E-state index contributed by atoms with van der Waals surface area (Å²) in [4.78, 5) is 0.712. The molecule has 1 aliphatic rings. The number of alkyl halides is 1. The maximum Gasteiger partial charge on any atom is 0.0205 e. The van der Waals surface area contributed by atoms with Gasteiger partial charge in [-0.2, -0.15) is 0 Å². The van der Waals surface area contributed by atoms with Gasteiger partial charge < -0.3 is 0 Å². The predicted octanol–water partition coefficient (Wildman–Crippen LogP) is 3.52. The van der Waals surface area contributed by atoms with Crippen molar-refractivity contribution in [3.63, 3.8) is 0 Å². The summed E-state index contributed by atoms with van der Waals surface area (Å²) in [5, 5.41) is 0. The number of rotatable bonds is 2. The summed E-state index contributed by atoms with van der Waals surface area (Å²) in [6.45, 7) is 2.24. The Morgan fingerprint density at radius 1 is 1.70 bits per heavy atom. The molecule has 0 aromatic heterocycles. The second-order valence-corrected chi connectivity index (χ2v) is 4.12. The maximum atomic E-state index is 3.69. The topological polar surface area (TPSA) is 0 Å². The quantitative estimate of drug-likeness (QED) is 0.475. The lowest BCUT2D eigenvalue weighted by atomic mass is 9.92. The zero-order chi connectivity index (χ0) is 7.40. The van der Waals surface area contributed by atoms with Crippen LogP contribution in [0, 0.1) is 5.92 Å². The summed E-state index contributed by atoms with van der Waals surface area (Å²) in [6, 6.07) is 0. The van der Waals surface area contributed by atoms with Crippen LogP contribution in [-0.4, -0.2) is 4.83 Å². The van der Waals surface area contributed by atoms with E-state index in [4.69, 9.17) is 0 Å². The van der Waals surface area contributed by atoms with Gasteiger partial charge in [-0.1, -0.05) is 35.0 Å². The molecule has 0 N–H and O–H groups in total. The van der Waals surface area contributed by atoms with Crippen molar-refractivity contribution in [2.45, 2.75) is 37.4 Å². The average Bonchev–Trinajstić information content (AvgIpc) is 2.05. The molecule has 10 heavy (non-hydrogen) atoms. The van der Waals surface area contributed by atoms with Crippen molar-refractivity contribution in [2.75, 3.05) is 0 Å². The first kappa shape index (κ1) is 8.32. The molecule has 0 aliphatic heterocycles. The summed E-state index contributed by atoms with van der Waals surface area (Å²) in [5.74, 6) is 0.804. The molecule has 0 nitrogen and oxygen atoms in total. The summed E-state index contributed by atoms with van der Waals surface area (Å²) in [5.41, 5.74) is 0. The van der Waals surface area contributed by atoms with Gasteiger partial charge in [0.15, 0.2) is 0 Å². The first-order valence-corrected chi connectivity index (χ1v) is 5.07. The van der Waals surface area contributed by atoms with Gasteiger partial charge in [0, 0.05) is 4.83 Å². The first-order valence-electron chi connectivity index (χ1n) is 4.15. The van der Waals surface area contributed by atoms with Gasteiger partial charge in [-0.25, -0.2) is 0 Å². The second-order valence-electron chi connectivity index (χ2n) is 2.95. The summed E-state index contributed by atoms with van der Waals surface area (Å²) in [6.07, 6.45) is 9.98. The summed E-state index contributed by atoms with van der Waals surface area (Å²) in [7, 11) is 0. The Hall–Kier alpha value is 0.220. The molecule has 0 aromatic carbocycles. The molecule has 1 aliphatic carbocycles. The molecule has 0 bridgehead atoms. The molecule has 0 spiro atoms. The molecule has 1 rings (SSSR count). The maximum absolute atomic E-state index is 3.69. The zero-order valence-corrected chi connectivity index (χ0v) is 8.10. The van der Waals surface area contributed by atoms with Crippen LogP contribution >= 0.6 is 15.9 Å². The summed E-state index contributed by atoms with van der Waals surface area (Å²) < 4.78 is 0. The Labute approximate surface area is 71.8 Å². The van der Waals surface area contributed by atoms with Crippen molar-refractivity contribution in [3.8, 4) is 0 Å². The molecule has 0 saturated carbocycles. The standard InChI is InChI=1S/C9H15Br/c1-2-9(10)8-6-4-3-5-7-8/h4,6,8-9H,2-3,5,7H2,1H3/t8-,9+/m0/s1. The van der Waals surface area contributed by atoms with E-state index < -0.39 is 0 Å². The average molecular weight is 203 g/mol. The Morgan fingerprint density at radius 3 is 3.00 bits per heavy atom. The highest BCUT2D eigenvalue weighted by molar-refractivity contribution is 9.09. The number of allylic oxidation sites excluding steroid dienone is 2. The zero-order valence-electron chi connectivity index (χ0n) is 6.52. The number of hydrogen-bond acceptors (Lipinski definition) is 0. The van der Waals surface area contributed by atoms with E-state index in [1.165, 1.54) is 25.7 Å². The van der Waals surface area contributed by atoms with Crippen LogP contribution in [0.2, 0.25) is 0 Å². The van der Waals surface area contributed by atoms with E-state index in [0.717, 1.165) is 5.92 Å². The number of halogens is 1. The molecule has 0 heterocycles. The van der Waals surface area contributed by atoms with Gasteiger partial charge in [-0.05, 0) is 31.6 Å². The van der Waals surface area contributed by atoms with Crippen molar-refractivity contribution in [1.82, 2.24) is 0 Å². The van der Waals surface area contributed by atoms with Crippen molar-refractivity contribution >= 4 is 15.9 Å². The number of hydrogen-bond donors (Lipinski definition) is 0. The van der Waals surface area contributed by atoms with Crippen LogP contribution in [0.3, 0.4) is 0 Å². The largest absolute Gasteiger partial charge is 0.0884 e. The normalized spacial score (nSPS) is 28.4. The Morgan fingerprint density at radius 2 is 2.50 bits per heavy atom. The molecule has 0 saturated heterocycles. The first-order chi connectivity index (χ1) is 4.84. The monoisotopic (exact) mass is 202 g/mol. The third-order valence-corrected chi connectivity index (χ3v) is 3.47. The molecule has 0 amide bonds. The molecule has 2 atom stereocenters. The van der Waals surface area contributed by atoms with Gasteiger partial charge in [0.25, 0.3) is 0 Å². The second kappa shape index (κ2) is 4.17. The third kappa shape index (κ3) is 2.12. The van der Waals surface area contributed by atoms with Gasteiger partial charge in [0.1, 0.15) is 0 Å². The highest BCUT2D eigenvalue weighted by Crippen LogP contribution is 2.26. The van der Waals surface area contributed by atoms with Crippen LogP contribution in [0.25, 0.3) is 0 Å². The van der Waals surface area contributed by atoms with Gasteiger partial charge in [-0.3, -0.25) is 0 Å². The van der Waals surface area contributed by atoms with Gasteiger partial charge >= 0.3 is 0 Å². The third-order valence-electron chi connectivity index (χ3n) is 2.15. The minimum absolute atomic E-state index is 0.712. The van der Waals surface area contributed by atoms with E-state index in [1.807, 2.05) is 0 Å². The van der Waals surface area contributed by atoms with Crippen LogP contribution in [0.4, 0.5) is 0 Å². The van der Waals surface area contributed by atoms with Gasteiger partial charge in [-0.15, -0.1) is 0 Å². The Kier molecular flexibility index (Phi) is 3.47. The van der Waals surface area contributed by atoms with Crippen molar-refractivity contribution in [3.05, 3.63) is 12.2 Å². The minimum atomic E-state index is 0.712. The van der Waals surface area contributed by atoms with E-state index in [2.05, 4.69) is 35.0 Å². The highest BCUT2D eigenvalue weighted by atomic mass is 79.9. The summed E-state index contributed by atoms with van der Waals surface area (Å²) >= 11 is 3.69. The lowest BCUT2D eigenvalue weighted by Gasteiger charge is -2.20. The van der Waals surface area contributed by atoms with Gasteiger partial charge in [0.2, 0.25) is 0 Å². The molecule has 1 heteroatoms. The molecule has 0 unspecified atom stereocenters. The Balaban J connectivity index is 2.38. The van der Waals surface area contributed by atoms with E-state index in [-0.39, 0.29) is 0 Å². The van der Waals surface area contributed by atoms with Crippen LogP contribution in [0.5, 0.6) is 0 Å². The van der Waals surface area contributed by atoms with Crippen LogP contribution in [0.1, 0.15) is 32.6 Å². The van der Waals surface area contributed by atoms with Crippen LogP contribution < -0.4 is 0 Å². The molecule has 0 aromatic rings. The highest BCUT2D eigenvalue weighted by Gasteiger charge is 2.15. The van der Waals surface area contributed by atoms with Gasteiger partial charge in [0.05, 0.1) is 0 Å². The fraction of sp³-hybridized carbons (Fsp3) is 0.778. The SMILES string of the molecule is CC[C@@H](Br)[C@H]1C=CCCC1. The predicted molar refractivity (Wildman–Crippen MR) is 49.5 cm³/mol. The Bertz CT molecular complexity index is 118. The van der Waals surface area contributed by atoms with E-state index >= 15 is 0 Å². The lowest BCUT2D eigenvalue weighted by Crippen LogP contribution is -2.12. The van der Waals surface area contributed by atoms with E-state index in [9.17, 15) is 0 Å². The van der Waals surface area contributed by atoms with E-state index in [0.29, 0.717) is 4.83 Å². The van der Waals surface area contributed by atoms with E-state index in [1.54, 1.807) is 0 Å². The fourth-order valence-corrected chi connectivity index (χ4v) is 1.88. The lowest BCUT2D eigenvalue weighted by molar-refractivity contribution is 0.517. The van der Waals surface area contributed by atoms with Crippen LogP contribution in [0.15, 0.2) is 12.2 Å². The van der Waals surface area contributed by atoms with Crippen molar-refractivity contribution in [2.24, 2.45) is 5.92 Å². The molecular formula is C9H15Br. The van der Waals surface area contributed by atoms with Crippen molar-refractivity contribution < 1.29 is 0 Å². The smallest absolute Gasteiger partial charge is 0.0205 e. The molecule has 0 fully saturated rings. The fourth-order valence-electron chi connectivity index (χ4n) is 1.44. The van der Waals surface area contributed by atoms with Crippen molar-refractivity contribution in [1.29, 1.82) is 0 Å². The minimum Gasteiger partial charge on any atom is -0.0884 e. The molecule has 58 valence electrons. The molecular weight excluding hydrogens is 188 g/mol. The molecule has 0 radical (unpaired) electrons. The van der Waals surface area contributed by atoms with Crippen LogP contribution in [-0.2, 0) is 0 Å².